The van der Waals surface area contributed by atoms with Gasteiger partial charge in [-0.25, -0.2) is 0 Å². The Kier molecular flexibility index (Phi) is 8.35. The van der Waals surface area contributed by atoms with Crippen LogP contribution in [0.5, 0.6) is 11.5 Å². The normalized spacial score (nSPS) is 11.7. The molecule has 0 aliphatic carbocycles. The van der Waals surface area contributed by atoms with Crippen molar-refractivity contribution in [2.75, 3.05) is 19.4 Å². The number of hydrogen-bond donors (Lipinski definition) is 1. The van der Waals surface area contributed by atoms with Gasteiger partial charge in [-0.3, -0.25) is 4.79 Å². The van der Waals surface area contributed by atoms with Gasteiger partial charge in [0, 0.05) is 13.1 Å². The van der Waals surface area contributed by atoms with Crippen LogP contribution in [0.25, 0.3) is 0 Å². The third-order valence-corrected chi connectivity index (χ3v) is 5.68. The number of nitrogens with zero attached hydrogens (tertiary/aromatic N) is 3. The molecule has 0 saturated heterocycles. The molecule has 0 fully saturated rings. The summed E-state index contributed by atoms with van der Waals surface area (Å²) in [5, 5.41) is 12.2. The number of aromatic nitrogens is 3. The molecule has 0 saturated carbocycles. The van der Waals surface area contributed by atoms with Crippen LogP contribution in [-0.2, 0) is 17.8 Å². The highest BCUT2D eigenvalue weighted by Crippen LogP contribution is 2.25. The van der Waals surface area contributed by atoms with E-state index >= 15 is 0 Å². The minimum atomic E-state index is -0.283. The van der Waals surface area contributed by atoms with Crippen molar-refractivity contribution in [1.29, 1.82) is 0 Å². The Morgan fingerprint density at radius 3 is 2.48 bits per heavy atom. The molecule has 31 heavy (non-hydrogen) atoms. The summed E-state index contributed by atoms with van der Waals surface area (Å²) >= 11 is 1.38. The number of nitrogens with one attached hydrogen (secondary N) is 1. The summed E-state index contributed by atoms with van der Waals surface area (Å²) in [6.45, 7) is 5.26. The summed E-state index contributed by atoms with van der Waals surface area (Å²) in [6, 6.07) is 17.5. The van der Waals surface area contributed by atoms with Gasteiger partial charge in [0.05, 0.1) is 12.9 Å². The number of rotatable bonds is 11. The minimum absolute atomic E-state index is 0.0179. The maximum atomic E-state index is 12.2. The van der Waals surface area contributed by atoms with Crippen molar-refractivity contribution in [2.45, 2.75) is 38.1 Å². The van der Waals surface area contributed by atoms with Gasteiger partial charge in [0.15, 0.2) is 17.1 Å². The van der Waals surface area contributed by atoms with E-state index in [1.807, 2.05) is 60.9 Å². The zero-order valence-corrected chi connectivity index (χ0v) is 18.9. The third-order valence-electron chi connectivity index (χ3n) is 4.71. The molecule has 3 rings (SSSR count). The Morgan fingerprint density at radius 1 is 1.10 bits per heavy atom. The molecule has 1 atom stereocenters. The minimum Gasteiger partial charge on any atom is -0.497 e. The number of amides is 1. The molecule has 2 aromatic carbocycles. The van der Waals surface area contributed by atoms with E-state index in [-0.39, 0.29) is 12.0 Å². The summed E-state index contributed by atoms with van der Waals surface area (Å²) < 4.78 is 13.2. The molecule has 7 nitrogen and oxygen atoms in total. The zero-order valence-electron chi connectivity index (χ0n) is 18.1. The summed E-state index contributed by atoms with van der Waals surface area (Å²) in [4.78, 5) is 12.2. The lowest BCUT2D eigenvalue weighted by Crippen LogP contribution is -2.27. The molecule has 0 aliphatic heterocycles. The molecule has 0 aliphatic rings. The van der Waals surface area contributed by atoms with E-state index in [0.717, 1.165) is 23.7 Å². The topological polar surface area (TPSA) is 78.3 Å². The lowest BCUT2D eigenvalue weighted by Gasteiger charge is -2.15. The maximum Gasteiger partial charge on any atom is 0.230 e. The Morgan fingerprint density at radius 2 is 1.81 bits per heavy atom. The van der Waals surface area contributed by atoms with Gasteiger partial charge in [-0.2, -0.15) is 0 Å². The molecule has 1 unspecified atom stereocenters. The van der Waals surface area contributed by atoms with Crippen LogP contribution in [0.1, 0.15) is 31.3 Å². The molecule has 1 amide bonds. The van der Waals surface area contributed by atoms with E-state index in [0.29, 0.717) is 24.0 Å². The van der Waals surface area contributed by atoms with Gasteiger partial charge >= 0.3 is 0 Å². The van der Waals surface area contributed by atoms with Crippen molar-refractivity contribution < 1.29 is 14.3 Å². The van der Waals surface area contributed by atoms with Gasteiger partial charge in [0.2, 0.25) is 5.91 Å². The monoisotopic (exact) mass is 440 g/mol. The Labute approximate surface area is 187 Å². The van der Waals surface area contributed by atoms with Crippen molar-refractivity contribution >= 4 is 17.7 Å². The van der Waals surface area contributed by atoms with Crippen molar-refractivity contribution in [3.8, 4) is 11.5 Å². The SMILES string of the molecule is CCn1c(SCC(=O)NCCc2ccccc2)nnc1C(C)Oc1ccc(OC)cc1. The first-order valence-corrected chi connectivity index (χ1v) is 11.3. The molecule has 0 radical (unpaired) electrons. The number of methoxy groups -OCH3 is 1. The zero-order chi connectivity index (χ0) is 22.1. The van der Waals surface area contributed by atoms with Gasteiger partial charge in [-0.15, -0.1) is 10.2 Å². The summed E-state index contributed by atoms with van der Waals surface area (Å²) in [7, 11) is 1.63. The predicted molar refractivity (Wildman–Crippen MR) is 122 cm³/mol. The van der Waals surface area contributed by atoms with Gasteiger partial charge in [0.1, 0.15) is 11.5 Å². The fourth-order valence-electron chi connectivity index (χ4n) is 3.09. The van der Waals surface area contributed by atoms with Crippen LogP contribution in [0.2, 0.25) is 0 Å². The molecule has 1 aromatic heterocycles. The average Bonchev–Trinajstić information content (AvgIpc) is 3.22. The summed E-state index contributed by atoms with van der Waals surface area (Å²) in [5.74, 6) is 2.50. The van der Waals surface area contributed by atoms with Crippen molar-refractivity contribution in [1.82, 2.24) is 20.1 Å². The fraction of sp³-hybridized carbons (Fsp3) is 0.348. The number of thioether (sulfide) groups is 1. The van der Waals surface area contributed by atoms with Crippen molar-refractivity contribution in [2.24, 2.45) is 0 Å². The molecular formula is C23H28N4O3S. The van der Waals surface area contributed by atoms with Crippen LogP contribution in [0.15, 0.2) is 59.8 Å². The van der Waals surface area contributed by atoms with Crippen LogP contribution in [0.3, 0.4) is 0 Å². The standard InChI is InChI=1S/C23H28N4O3S/c1-4-27-22(17(2)30-20-12-10-19(29-3)11-13-20)25-26-23(27)31-16-21(28)24-15-14-18-8-6-5-7-9-18/h5-13,17H,4,14-16H2,1-3H3,(H,24,28). The smallest absolute Gasteiger partial charge is 0.230 e. The molecule has 3 aromatic rings. The molecule has 0 bridgehead atoms. The van der Waals surface area contributed by atoms with Crippen LogP contribution >= 0.6 is 11.8 Å². The second-order valence-corrected chi connectivity index (χ2v) is 7.84. The van der Waals surface area contributed by atoms with Crippen LogP contribution < -0.4 is 14.8 Å². The number of hydrogen-bond acceptors (Lipinski definition) is 6. The van der Waals surface area contributed by atoms with Crippen molar-refractivity contribution in [3.63, 3.8) is 0 Å². The Bertz CT molecular complexity index is 961. The maximum absolute atomic E-state index is 12.2. The highest BCUT2D eigenvalue weighted by atomic mass is 32.2. The Balaban J connectivity index is 1.52. The number of carbonyl (C=O) groups excluding carboxylic acids is 1. The largest absolute Gasteiger partial charge is 0.497 e. The molecule has 164 valence electrons. The molecule has 1 heterocycles. The van der Waals surface area contributed by atoms with E-state index in [9.17, 15) is 4.79 Å². The van der Waals surface area contributed by atoms with E-state index in [1.165, 1.54) is 17.3 Å². The van der Waals surface area contributed by atoms with E-state index < -0.39 is 0 Å². The van der Waals surface area contributed by atoms with Crippen LogP contribution in [0.4, 0.5) is 0 Å². The number of benzene rings is 2. The fourth-order valence-corrected chi connectivity index (χ4v) is 3.93. The van der Waals surface area contributed by atoms with Crippen LogP contribution in [0, 0.1) is 0 Å². The van der Waals surface area contributed by atoms with Gasteiger partial charge in [0.25, 0.3) is 0 Å². The second-order valence-electron chi connectivity index (χ2n) is 6.89. The Hall–Kier alpha value is -3.00. The molecule has 0 spiro atoms. The first-order valence-electron chi connectivity index (χ1n) is 10.3. The van der Waals surface area contributed by atoms with Gasteiger partial charge in [-0.1, -0.05) is 42.1 Å². The first kappa shape index (κ1) is 22.7. The third kappa shape index (κ3) is 6.49. The molecule has 1 N–H and O–H groups in total. The van der Waals surface area contributed by atoms with E-state index in [4.69, 9.17) is 9.47 Å². The molecular weight excluding hydrogens is 412 g/mol. The molecule has 8 heteroatoms. The second kappa shape index (κ2) is 11.4. The quantitative estimate of drug-likeness (QED) is 0.456. The highest BCUT2D eigenvalue weighted by molar-refractivity contribution is 7.99. The lowest BCUT2D eigenvalue weighted by atomic mass is 10.1. The lowest BCUT2D eigenvalue weighted by molar-refractivity contribution is -0.118. The predicted octanol–water partition coefficient (Wildman–Crippen LogP) is 3.90. The number of ether oxygens (including phenoxy) is 2. The summed E-state index contributed by atoms with van der Waals surface area (Å²) in [5.41, 5.74) is 1.21. The summed E-state index contributed by atoms with van der Waals surface area (Å²) in [6.07, 6.45) is 0.530. The van der Waals surface area contributed by atoms with Crippen LogP contribution in [-0.4, -0.2) is 40.1 Å². The highest BCUT2D eigenvalue weighted by Gasteiger charge is 2.19. The van der Waals surface area contributed by atoms with Crippen molar-refractivity contribution in [3.05, 3.63) is 66.0 Å². The van der Waals surface area contributed by atoms with E-state index in [2.05, 4.69) is 27.6 Å². The number of carbonyl (C=O) groups is 1. The van der Waals surface area contributed by atoms with Gasteiger partial charge < -0.3 is 19.4 Å². The van der Waals surface area contributed by atoms with Gasteiger partial charge in [-0.05, 0) is 50.1 Å². The first-order chi connectivity index (χ1) is 15.1. The average molecular weight is 441 g/mol. The van der Waals surface area contributed by atoms with E-state index in [1.54, 1.807) is 7.11 Å².